The van der Waals surface area contributed by atoms with Crippen LogP contribution in [0.2, 0.25) is 0 Å². The molecule has 1 aromatic heterocycles. The highest BCUT2D eigenvalue weighted by Crippen LogP contribution is 2.21. The molecule has 28 heavy (non-hydrogen) atoms. The molecule has 7 nitrogen and oxygen atoms in total. The molecule has 0 spiro atoms. The Balaban J connectivity index is 1.39. The Morgan fingerprint density at radius 1 is 1.04 bits per heavy atom. The molecule has 4 rings (SSSR count). The number of carbonyl (C=O) groups is 1. The van der Waals surface area contributed by atoms with Crippen LogP contribution in [-0.2, 0) is 28.7 Å². The van der Waals surface area contributed by atoms with Crippen molar-refractivity contribution in [3.05, 3.63) is 52.8 Å². The number of amides is 1. The van der Waals surface area contributed by atoms with Crippen molar-refractivity contribution in [3.8, 4) is 0 Å². The Morgan fingerprint density at radius 3 is 2.46 bits per heavy atom. The van der Waals surface area contributed by atoms with Crippen molar-refractivity contribution in [3.63, 3.8) is 0 Å². The summed E-state index contributed by atoms with van der Waals surface area (Å²) in [4.78, 5) is 14.7. The summed E-state index contributed by atoms with van der Waals surface area (Å²) in [5.41, 5.74) is 3.59. The highest BCUT2D eigenvalue weighted by Gasteiger charge is 2.31. The molecule has 2 aromatic rings. The van der Waals surface area contributed by atoms with Crippen LogP contribution in [0.5, 0.6) is 0 Å². The monoisotopic (exact) mass is 402 g/mol. The maximum atomic E-state index is 12.9. The van der Waals surface area contributed by atoms with Crippen molar-refractivity contribution in [1.29, 1.82) is 0 Å². The Kier molecular flexibility index (Phi) is 5.25. The van der Waals surface area contributed by atoms with Gasteiger partial charge in [0.05, 0.1) is 23.2 Å². The largest absolute Gasteiger partial charge is 0.336 e. The molecule has 1 aromatic carbocycles. The first-order chi connectivity index (χ1) is 13.4. The molecule has 0 unspecified atom stereocenters. The number of rotatable bonds is 4. The third kappa shape index (κ3) is 3.84. The van der Waals surface area contributed by atoms with Gasteiger partial charge in [0.2, 0.25) is 10.0 Å². The number of hydrogen-bond acceptors (Lipinski definition) is 4. The lowest BCUT2D eigenvalue weighted by molar-refractivity contribution is 0.0696. The number of carbonyl (C=O) groups excluding carboxylic acids is 1. The molecular weight excluding hydrogens is 376 g/mol. The van der Waals surface area contributed by atoms with E-state index in [1.165, 1.54) is 4.31 Å². The predicted molar refractivity (Wildman–Crippen MR) is 106 cm³/mol. The van der Waals surface area contributed by atoms with Gasteiger partial charge in [-0.1, -0.05) is 29.8 Å². The maximum absolute atomic E-state index is 12.9. The van der Waals surface area contributed by atoms with Crippen LogP contribution in [-0.4, -0.2) is 59.5 Å². The quantitative estimate of drug-likeness (QED) is 0.782. The average Bonchev–Trinajstić information content (AvgIpc) is 3.13. The molecule has 2 aliphatic rings. The number of hydrogen-bond donors (Lipinski definition) is 0. The first-order valence-electron chi connectivity index (χ1n) is 9.81. The van der Waals surface area contributed by atoms with Crippen LogP contribution in [0.3, 0.4) is 0 Å². The number of benzene rings is 1. The number of nitrogens with zero attached hydrogens (tertiary/aromatic N) is 4. The lowest BCUT2D eigenvalue weighted by Crippen LogP contribution is -2.50. The molecule has 0 N–H and O–H groups in total. The van der Waals surface area contributed by atoms with Crippen molar-refractivity contribution in [2.45, 2.75) is 38.5 Å². The SMILES string of the molecule is Cc1ccc(CS(=O)(=O)N2CCN(C(=O)c3cnn4c3CCCC4)CC2)cc1. The fourth-order valence-electron chi connectivity index (χ4n) is 3.93. The van der Waals surface area contributed by atoms with Gasteiger partial charge in [-0.05, 0) is 31.7 Å². The minimum Gasteiger partial charge on any atom is -0.336 e. The fourth-order valence-corrected chi connectivity index (χ4v) is 5.44. The Hall–Kier alpha value is -2.19. The van der Waals surface area contributed by atoms with Gasteiger partial charge in [-0.2, -0.15) is 9.40 Å². The molecule has 1 saturated heterocycles. The summed E-state index contributed by atoms with van der Waals surface area (Å²) in [6.45, 7) is 4.35. The van der Waals surface area contributed by atoms with E-state index >= 15 is 0 Å². The van der Waals surface area contributed by atoms with Gasteiger partial charge in [0.15, 0.2) is 0 Å². The summed E-state index contributed by atoms with van der Waals surface area (Å²) < 4.78 is 28.9. The van der Waals surface area contributed by atoms with E-state index in [-0.39, 0.29) is 11.7 Å². The topological polar surface area (TPSA) is 75.5 Å². The second-order valence-corrected chi connectivity index (χ2v) is 9.59. The van der Waals surface area contributed by atoms with E-state index in [2.05, 4.69) is 5.10 Å². The second kappa shape index (κ2) is 7.67. The summed E-state index contributed by atoms with van der Waals surface area (Å²) in [7, 11) is -3.39. The Labute approximate surface area is 166 Å². The van der Waals surface area contributed by atoms with Crippen LogP contribution in [0.4, 0.5) is 0 Å². The standard InChI is InChI=1S/C20H26N4O3S/c1-16-5-7-17(8-6-16)15-28(26,27)23-12-10-22(11-13-23)20(25)18-14-21-24-9-3-2-4-19(18)24/h5-8,14H,2-4,9-13,15H2,1H3. The van der Waals surface area contributed by atoms with Gasteiger partial charge in [-0.25, -0.2) is 8.42 Å². The van der Waals surface area contributed by atoms with Crippen molar-refractivity contribution in [2.24, 2.45) is 0 Å². The maximum Gasteiger partial charge on any atom is 0.257 e. The fraction of sp³-hybridized carbons (Fsp3) is 0.500. The molecule has 150 valence electrons. The van der Waals surface area contributed by atoms with Crippen LogP contribution < -0.4 is 0 Å². The molecule has 1 fully saturated rings. The summed E-state index contributed by atoms with van der Waals surface area (Å²) in [6, 6.07) is 7.56. The lowest BCUT2D eigenvalue weighted by atomic mass is 10.1. The number of fused-ring (bicyclic) bond motifs is 1. The average molecular weight is 403 g/mol. The van der Waals surface area contributed by atoms with E-state index in [4.69, 9.17) is 0 Å². The van der Waals surface area contributed by atoms with E-state index in [9.17, 15) is 13.2 Å². The third-order valence-electron chi connectivity index (χ3n) is 5.60. The zero-order valence-corrected chi connectivity index (χ0v) is 17.0. The van der Waals surface area contributed by atoms with Crippen molar-refractivity contribution >= 4 is 15.9 Å². The van der Waals surface area contributed by atoms with Crippen LogP contribution in [0.15, 0.2) is 30.5 Å². The summed E-state index contributed by atoms with van der Waals surface area (Å²) in [5.74, 6) is -0.0308. The highest BCUT2D eigenvalue weighted by atomic mass is 32.2. The van der Waals surface area contributed by atoms with Crippen molar-refractivity contribution in [1.82, 2.24) is 19.0 Å². The first-order valence-corrected chi connectivity index (χ1v) is 11.4. The van der Waals surface area contributed by atoms with E-state index in [0.717, 1.165) is 42.6 Å². The first kappa shape index (κ1) is 19.1. The number of sulfonamides is 1. The predicted octanol–water partition coefficient (Wildman–Crippen LogP) is 1.82. The molecule has 8 heteroatoms. The zero-order chi connectivity index (χ0) is 19.7. The number of piperazine rings is 1. The molecular formula is C20H26N4O3S. The molecule has 0 aliphatic carbocycles. The lowest BCUT2D eigenvalue weighted by Gasteiger charge is -2.34. The van der Waals surface area contributed by atoms with Gasteiger partial charge in [-0.15, -0.1) is 0 Å². The van der Waals surface area contributed by atoms with Crippen LogP contribution in [0.25, 0.3) is 0 Å². The summed E-state index contributed by atoms with van der Waals surface area (Å²) in [5, 5.41) is 4.34. The van der Waals surface area contributed by atoms with Gasteiger partial charge in [-0.3, -0.25) is 9.48 Å². The smallest absolute Gasteiger partial charge is 0.257 e. The zero-order valence-electron chi connectivity index (χ0n) is 16.2. The molecule has 3 heterocycles. The molecule has 0 bridgehead atoms. The molecule has 1 amide bonds. The van der Waals surface area contributed by atoms with E-state index in [1.54, 1.807) is 11.1 Å². The van der Waals surface area contributed by atoms with Crippen molar-refractivity contribution < 1.29 is 13.2 Å². The van der Waals surface area contributed by atoms with Gasteiger partial charge < -0.3 is 4.90 Å². The molecule has 2 aliphatic heterocycles. The molecule has 0 saturated carbocycles. The van der Waals surface area contributed by atoms with Crippen LogP contribution in [0, 0.1) is 6.92 Å². The van der Waals surface area contributed by atoms with E-state index in [0.29, 0.717) is 31.7 Å². The number of aryl methyl sites for hydroxylation is 2. The van der Waals surface area contributed by atoms with Crippen LogP contribution >= 0.6 is 0 Å². The van der Waals surface area contributed by atoms with Gasteiger partial charge >= 0.3 is 0 Å². The number of aromatic nitrogens is 2. The normalized spacial score (nSPS) is 18.1. The minimum absolute atomic E-state index is 0.00184. The van der Waals surface area contributed by atoms with Gasteiger partial charge in [0, 0.05) is 32.7 Å². The third-order valence-corrected chi connectivity index (χ3v) is 7.45. The molecule has 0 radical (unpaired) electrons. The van der Waals surface area contributed by atoms with Gasteiger partial charge in [0.25, 0.3) is 5.91 Å². The van der Waals surface area contributed by atoms with Crippen molar-refractivity contribution in [2.75, 3.05) is 26.2 Å². The summed E-state index contributed by atoms with van der Waals surface area (Å²) in [6.07, 6.45) is 4.73. The molecule has 0 atom stereocenters. The highest BCUT2D eigenvalue weighted by molar-refractivity contribution is 7.88. The van der Waals surface area contributed by atoms with E-state index < -0.39 is 10.0 Å². The van der Waals surface area contributed by atoms with Crippen LogP contribution in [0.1, 0.15) is 40.0 Å². The van der Waals surface area contributed by atoms with E-state index in [1.807, 2.05) is 35.9 Å². The minimum atomic E-state index is -3.39. The summed E-state index contributed by atoms with van der Waals surface area (Å²) >= 11 is 0. The second-order valence-electron chi connectivity index (χ2n) is 7.62. The Bertz CT molecular complexity index is 958. The van der Waals surface area contributed by atoms with Gasteiger partial charge in [0.1, 0.15) is 0 Å². The Morgan fingerprint density at radius 2 is 1.75 bits per heavy atom.